The molecule has 1 aliphatic carbocycles. The third kappa shape index (κ3) is 20.7. The first kappa shape index (κ1) is 58.1. The van der Waals surface area contributed by atoms with E-state index in [1.807, 2.05) is 49.5 Å². The van der Waals surface area contributed by atoms with Crippen LogP contribution in [-0.4, -0.2) is 167 Å². The van der Waals surface area contributed by atoms with E-state index < -0.39 is 135 Å². The van der Waals surface area contributed by atoms with Crippen LogP contribution in [0.2, 0.25) is 0 Å². The fourth-order valence-electron chi connectivity index (χ4n) is 8.81. The standard InChI is InChI=1S/C51H80N2O16/c1-32-16-13-11-9-7-5-3-4-6-8-10-12-14-19-38(68-50-48(63)47(52)43(61)31-66-50)28-44-46(49(64)53-23-22-34-17-15-18-34)42(60)30-51(65,69-44)29-37(56)26-41(59)39(57)21-20-35(54)25-36(55)27-45(62)67-33(2)24-40(32)58/h3-14,16,19,32-44,46-48,50,54-61,63,65H,15,17-18,20-31,52H2,1-2H3,(H,53,64)/b4-3+,7-5+,8-6+,11-9+,12-10+,16-13+,19-14+/t32-,33-,35?,36?,37?,38?,39?,40-,41?,42-,43+,44-,46+,47-,48-,50-,51?/m0/s1. The maximum atomic E-state index is 13.8. The molecule has 3 aliphatic heterocycles. The summed E-state index contributed by atoms with van der Waals surface area (Å²) in [7, 11) is 0. The Bertz CT molecular complexity index is 1750. The molecule has 7 unspecified atom stereocenters. The highest BCUT2D eigenvalue weighted by Gasteiger charge is 2.50. The van der Waals surface area contributed by atoms with Crippen molar-refractivity contribution in [2.45, 2.75) is 189 Å². The lowest BCUT2D eigenvalue weighted by atomic mass is 9.81. The second-order valence-electron chi connectivity index (χ2n) is 19.2. The molecular weight excluding hydrogens is 897 g/mol. The summed E-state index contributed by atoms with van der Waals surface area (Å²) in [6, 6.07) is -1.09. The van der Waals surface area contributed by atoms with E-state index in [0.717, 1.165) is 25.7 Å². The Morgan fingerprint density at radius 1 is 0.710 bits per heavy atom. The van der Waals surface area contributed by atoms with Gasteiger partial charge in [0.05, 0.1) is 86.0 Å². The van der Waals surface area contributed by atoms with Gasteiger partial charge in [-0.1, -0.05) is 111 Å². The Labute approximate surface area is 406 Å². The summed E-state index contributed by atoms with van der Waals surface area (Å²) in [6.45, 7) is 3.60. The number of carbonyl (C=O) groups excluding carboxylic acids is 2. The molecule has 13 N–H and O–H groups in total. The lowest BCUT2D eigenvalue weighted by Gasteiger charge is -2.45. The number of aliphatic hydroxyl groups excluding tert-OH is 9. The second-order valence-corrected chi connectivity index (χ2v) is 19.2. The highest BCUT2D eigenvalue weighted by atomic mass is 16.7. The molecule has 4 aliphatic rings. The van der Waals surface area contributed by atoms with Crippen molar-refractivity contribution in [3.05, 3.63) is 85.1 Å². The van der Waals surface area contributed by atoms with Gasteiger partial charge in [-0.3, -0.25) is 9.59 Å². The van der Waals surface area contributed by atoms with E-state index in [-0.39, 0.29) is 44.6 Å². The average Bonchev–Trinajstić information content (AvgIpc) is 3.25. The molecule has 18 nitrogen and oxygen atoms in total. The van der Waals surface area contributed by atoms with Crippen LogP contribution < -0.4 is 11.1 Å². The fourth-order valence-corrected chi connectivity index (χ4v) is 8.81. The Balaban J connectivity index is 1.56. The molecule has 1 saturated carbocycles. The van der Waals surface area contributed by atoms with Crippen molar-refractivity contribution in [1.82, 2.24) is 5.32 Å². The van der Waals surface area contributed by atoms with E-state index in [9.17, 15) is 60.7 Å². The number of cyclic esters (lactones) is 1. The summed E-state index contributed by atoms with van der Waals surface area (Å²) in [5.74, 6) is -4.45. The maximum Gasteiger partial charge on any atom is 0.308 e. The van der Waals surface area contributed by atoms with Crippen molar-refractivity contribution in [2.75, 3.05) is 13.2 Å². The van der Waals surface area contributed by atoms with Crippen molar-refractivity contribution >= 4 is 11.9 Å². The number of fused-ring (bicyclic) bond motifs is 2. The highest BCUT2D eigenvalue weighted by Crippen LogP contribution is 2.38. The molecule has 17 atom stereocenters. The number of ether oxygens (including phenoxy) is 4. The van der Waals surface area contributed by atoms with Gasteiger partial charge in [-0.15, -0.1) is 0 Å². The summed E-state index contributed by atoms with van der Waals surface area (Å²) in [5.41, 5.74) is 6.03. The van der Waals surface area contributed by atoms with Gasteiger partial charge in [0, 0.05) is 44.6 Å². The van der Waals surface area contributed by atoms with Crippen LogP contribution in [0.25, 0.3) is 0 Å². The van der Waals surface area contributed by atoms with E-state index in [4.69, 9.17) is 24.7 Å². The van der Waals surface area contributed by atoms with Gasteiger partial charge in [0.25, 0.3) is 0 Å². The monoisotopic (exact) mass is 977 g/mol. The van der Waals surface area contributed by atoms with Crippen molar-refractivity contribution in [3.8, 4) is 0 Å². The van der Waals surface area contributed by atoms with Crippen molar-refractivity contribution < 1.29 is 79.6 Å². The molecular formula is C51H80N2O16. The van der Waals surface area contributed by atoms with Gasteiger partial charge in [-0.2, -0.15) is 0 Å². The number of esters is 1. The van der Waals surface area contributed by atoms with Gasteiger partial charge in [-0.05, 0) is 38.5 Å². The number of allylic oxidation sites excluding steroid dienone is 12. The Kier molecular flexibility index (Phi) is 25.1. The second kappa shape index (κ2) is 29.8. The molecule has 0 aromatic carbocycles. The number of amides is 1. The van der Waals surface area contributed by atoms with Gasteiger partial charge in [-0.25, -0.2) is 0 Å². The van der Waals surface area contributed by atoms with Gasteiger partial charge >= 0.3 is 5.97 Å². The topological polar surface area (TPSA) is 311 Å². The average molecular weight is 977 g/mol. The maximum absolute atomic E-state index is 13.8. The Hall–Kier alpha value is -3.44. The first-order chi connectivity index (χ1) is 32.8. The largest absolute Gasteiger partial charge is 0.462 e. The molecule has 0 aromatic rings. The van der Waals surface area contributed by atoms with Crippen LogP contribution in [0.15, 0.2) is 85.1 Å². The highest BCUT2D eigenvalue weighted by molar-refractivity contribution is 5.80. The van der Waals surface area contributed by atoms with Crippen LogP contribution >= 0.6 is 0 Å². The molecule has 0 aromatic heterocycles. The van der Waals surface area contributed by atoms with Crippen LogP contribution in [0.5, 0.6) is 0 Å². The molecule has 390 valence electrons. The van der Waals surface area contributed by atoms with E-state index in [0.29, 0.717) is 12.5 Å². The summed E-state index contributed by atoms with van der Waals surface area (Å²) in [4.78, 5) is 26.4. The number of rotatable bonds is 6. The normalized spacial score (nSPS) is 42.6. The Morgan fingerprint density at radius 3 is 1.96 bits per heavy atom. The molecule has 0 spiro atoms. The molecule has 3 heterocycles. The number of nitrogens with one attached hydrogen (secondary N) is 1. The number of hydrogen-bond acceptors (Lipinski definition) is 17. The van der Waals surface area contributed by atoms with Crippen molar-refractivity contribution in [1.29, 1.82) is 0 Å². The molecule has 2 saturated heterocycles. The van der Waals surface area contributed by atoms with Gasteiger partial charge in [0.2, 0.25) is 5.91 Å². The summed E-state index contributed by atoms with van der Waals surface area (Å²) in [5, 5.41) is 112. The van der Waals surface area contributed by atoms with Gasteiger partial charge in [0.1, 0.15) is 12.2 Å². The third-order valence-electron chi connectivity index (χ3n) is 13.1. The van der Waals surface area contributed by atoms with E-state index >= 15 is 0 Å². The smallest absolute Gasteiger partial charge is 0.308 e. The van der Waals surface area contributed by atoms with Crippen LogP contribution in [0.3, 0.4) is 0 Å². The molecule has 69 heavy (non-hydrogen) atoms. The summed E-state index contributed by atoms with van der Waals surface area (Å²) in [6.07, 6.45) is 10.5. The fraction of sp³-hybridized carbons (Fsp3) is 0.686. The predicted molar refractivity (Wildman–Crippen MR) is 255 cm³/mol. The predicted octanol–water partition coefficient (Wildman–Crippen LogP) is 1.30. The zero-order valence-electron chi connectivity index (χ0n) is 40.0. The zero-order chi connectivity index (χ0) is 50.5. The van der Waals surface area contributed by atoms with E-state index in [1.54, 1.807) is 49.5 Å². The molecule has 3 fully saturated rings. The first-order valence-corrected chi connectivity index (χ1v) is 24.5. The number of hydrogen-bond donors (Lipinski definition) is 12. The van der Waals surface area contributed by atoms with Crippen molar-refractivity contribution in [2.24, 2.45) is 23.5 Å². The lowest BCUT2D eigenvalue weighted by Crippen LogP contribution is -2.59. The third-order valence-corrected chi connectivity index (χ3v) is 13.1. The number of aliphatic hydroxyl groups is 10. The summed E-state index contributed by atoms with van der Waals surface area (Å²) < 4.78 is 23.4. The minimum absolute atomic E-state index is 0.0817. The molecule has 0 radical (unpaired) electrons. The first-order valence-electron chi connectivity index (χ1n) is 24.5. The number of carbonyl (C=O) groups is 2. The van der Waals surface area contributed by atoms with E-state index in [2.05, 4.69) is 5.32 Å². The zero-order valence-corrected chi connectivity index (χ0v) is 40.0. The minimum Gasteiger partial charge on any atom is -0.462 e. The van der Waals surface area contributed by atoms with Gasteiger partial charge < -0.3 is 81.1 Å². The minimum atomic E-state index is -2.24. The SMILES string of the molecule is C[C@H]1C[C@H](O)[C@@H](C)/C=C/C=C/C=C/C=C/C=C/C=C/C=C/C(O[C@@H]2OC[C@@H](O)[C@H](N)[C@@H]2O)C[C@@H]2OC(O)(CC(O)CC(O)C(O)CCC(O)CC(O)CC(=O)O1)C[C@H](O)[C@H]2C(=O)NCCC1CCC1. The van der Waals surface area contributed by atoms with Crippen molar-refractivity contribution in [3.63, 3.8) is 0 Å². The van der Waals surface area contributed by atoms with Crippen LogP contribution in [0.4, 0.5) is 0 Å². The Morgan fingerprint density at radius 2 is 1.33 bits per heavy atom. The molecule has 18 heteroatoms. The molecule has 4 rings (SSSR count). The van der Waals surface area contributed by atoms with Crippen LogP contribution in [-0.2, 0) is 28.5 Å². The molecule has 1 amide bonds. The lowest BCUT2D eigenvalue weighted by molar-refractivity contribution is -0.304. The molecule has 2 bridgehead atoms. The van der Waals surface area contributed by atoms with Crippen LogP contribution in [0, 0.1) is 17.8 Å². The van der Waals surface area contributed by atoms with Gasteiger partial charge in [0.15, 0.2) is 12.1 Å². The quantitative estimate of drug-likeness (QED) is 0.167. The van der Waals surface area contributed by atoms with E-state index in [1.165, 1.54) is 0 Å². The summed E-state index contributed by atoms with van der Waals surface area (Å²) >= 11 is 0. The van der Waals surface area contributed by atoms with Crippen LogP contribution in [0.1, 0.15) is 97.3 Å². The number of nitrogens with two attached hydrogens (primary N) is 1.